The molecule has 6 nitrogen and oxygen atoms in total. The molecule has 0 saturated heterocycles. The van der Waals surface area contributed by atoms with Crippen molar-refractivity contribution in [1.82, 2.24) is 14.9 Å². The average Bonchev–Trinajstić information content (AvgIpc) is 3.27. The van der Waals surface area contributed by atoms with Crippen molar-refractivity contribution in [3.63, 3.8) is 0 Å². The van der Waals surface area contributed by atoms with Gasteiger partial charge >= 0.3 is 6.09 Å². The summed E-state index contributed by atoms with van der Waals surface area (Å²) in [5.74, 6) is 1.18. The number of carbonyl (C=O) groups is 1. The number of carbonyl (C=O) groups excluding carboxylic acids is 1. The van der Waals surface area contributed by atoms with Crippen molar-refractivity contribution in [3.05, 3.63) is 71.1 Å². The molecule has 0 bridgehead atoms. The van der Waals surface area contributed by atoms with Gasteiger partial charge in [0.05, 0.1) is 16.7 Å². The third kappa shape index (κ3) is 4.44. The molecule has 0 spiro atoms. The van der Waals surface area contributed by atoms with Crippen LogP contribution in [0, 0.1) is 6.92 Å². The number of rotatable bonds is 4. The van der Waals surface area contributed by atoms with E-state index in [1.165, 1.54) is 0 Å². The highest BCUT2D eigenvalue weighted by atomic mass is 35.5. The van der Waals surface area contributed by atoms with E-state index in [1.807, 2.05) is 80.8 Å². The zero-order chi connectivity index (χ0) is 22.2. The summed E-state index contributed by atoms with van der Waals surface area (Å²) in [5, 5.41) is 4.29. The number of hydrogen-bond acceptors (Lipinski definition) is 4. The Morgan fingerprint density at radius 3 is 2.52 bits per heavy atom. The van der Waals surface area contributed by atoms with Crippen LogP contribution in [-0.2, 0) is 11.3 Å². The van der Waals surface area contributed by atoms with Crippen molar-refractivity contribution < 1.29 is 13.9 Å². The molecule has 160 valence electrons. The first-order valence-corrected chi connectivity index (χ1v) is 10.4. The SMILES string of the molecule is Cc1cnc(-c2c(Cl)c3ccccc3n2-c2ccc(CNC(=O)OC(C)(C)C)cc2)o1. The Balaban J connectivity index is 1.67. The number of aryl methyl sites for hydroxylation is 1. The summed E-state index contributed by atoms with van der Waals surface area (Å²) in [6.45, 7) is 7.72. The van der Waals surface area contributed by atoms with Crippen LogP contribution < -0.4 is 5.32 Å². The lowest BCUT2D eigenvalue weighted by Crippen LogP contribution is -2.32. The predicted octanol–water partition coefficient (Wildman–Crippen LogP) is 6.27. The van der Waals surface area contributed by atoms with Crippen LogP contribution in [0.25, 0.3) is 28.2 Å². The summed E-state index contributed by atoms with van der Waals surface area (Å²) in [5.41, 5.74) is 2.99. The molecule has 1 amide bonds. The van der Waals surface area contributed by atoms with Crippen molar-refractivity contribution >= 4 is 28.6 Å². The van der Waals surface area contributed by atoms with Gasteiger partial charge < -0.3 is 19.0 Å². The van der Waals surface area contributed by atoms with E-state index in [-0.39, 0.29) is 0 Å². The number of benzene rings is 2. The molecule has 0 fully saturated rings. The number of ether oxygens (including phenoxy) is 1. The Kier molecular flexibility index (Phi) is 5.50. The van der Waals surface area contributed by atoms with E-state index < -0.39 is 11.7 Å². The van der Waals surface area contributed by atoms with E-state index >= 15 is 0 Å². The van der Waals surface area contributed by atoms with E-state index in [0.717, 1.165) is 22.2 Å². The number of amides is 1. The molecule has 4 rings (SSSR count). The third-order valence-electron chi connectivity index (χ3n) is 4.67. The number of fused-ring (bicyclic) bond motifs is 1. The quantitative estimate of drug-likeness (QED) is 0.408. The van der Waals surface area contributed by atoms with Crippen LogP contribution in [0.3, 0.4) is 0 Å². The van der Waals surface area contributed by atoms with Gasteiger partial charge in [-0.3, -0.25) is 0 Å². The van der Waals surface area contributed by atoms with Crippen LogP contribution in [0.4, 0.5) is 4.79 Å². The van der Waals surface area contributed by atoms with Gasteiger partial charge in [-0.2, -0.15) is 0 Å². The maximum atomic E-state index is 11.9. The first kappa shape index (κ1) is 21.0. The highest BCUT2D eigenvalue weighted by molar-refractivity contribution is 6.38. The maximum Gasteiger partial charge on any atom is 0.407 e. The minimum Gasteiger partial charge on any atom is -0.444 e. The van der Waals surface area contributed by atoms with E-state index in [2.05, 4.69) is 10.3 Å². The van der Waals surface area contributed by atoms with Crippen molar-refractivity contribution in [2.24, 2.45) is 0 Å². The Labute approximate surface area is 185 Å². The fourth-order valence-corrected chi connectivity index (χ4v) is 3.70. The summed E-state index contributed by atoms with van der Waals surface area (Å²) in [7, 11) is 0. The highest BCUT2D eigenvalue weighted by Gasteiger charge is 2.22. The van der Waals surface area contributed by atoms with Crippen LogP contribution >= 0.6 is 11.6 Å². The summed E-state index contributed by atoms with van der Waals surface area (Å²) < 4.78 is 13.1. The summed E-state index contributed by atoms with van der Waals surface area (Å²) in [4.78, 5) is 16.3. The Morgan fingerprint density at radius 1 is 1.16 bits per heavy atom. The molecule has 0 saturated carbocycles. The standard InChI is InChI=1S/C24H24ClN3O3/c1-15-13-26-22(30-15)21-20(25)18-7-5-6-8-19(18)28(21)17-11-9-16(10-12-17)14-27-23(29)31-24(2,3)4/h5-13H,14H2,1-4H3,(H,27,29). The fraction of sp³-hybridized carbons (Fsp3) is 0.250. The molecular formula is C24H24ClN3O3. The van der Waals surface area contributed by atoms with Gasteiger partial charge in [0.25, 0.3) is 0 Å². The van der Waals surface area contributed by atoms with Gasteiger partial charge in [0, 0.05) is 17.6 Å². The van der Waals surface area contributed by atoms with Crippen LogP contribution in [-0.4, -0.2) is 21.2 Å². The van der Waals surface area contributed by atoms with E-state index in [1.54, 1.807) is 6.20 Å². The second kappa shape index (κ2) is 8.12. The Bertz CT molecular complexity index is 1230. The van der Waals surface area contributed by atoms with Gasteiger partial charge in [0.1, 0.15) is 17.1 Å². The van der Waals surface area contributed by atoms with Gasteiger partial charge in [-0.05, 0) is 51.5 Å². The predicted molar refractivity (Wildman–Crippen MR) is 122 cm³/mol. The molecule has 7 heteroatoms. The molecule has 2 heterocycles. The van der Waals surface area contributed by atoms with Gasteiger partial charge in [-0.1, -0.05) is 41.9 Å². The normalized spacial score (nSPS) is 11.6. The van der Waals surface area contributed by atoms with Crippen LogP contribution in [0.5, 0.6) is 0 Å². The van der Waals surface area contributed by atoms with Gasteiger partial charge in [0.15, 0.2) is 0 Å². The molecule has 31 heavy (non-hydrogen) atoms. The minimum atomic E-state index is -0.530. The molecular weight excluding hydrogens is 414 g/mol. The van der Waals surface area contributed by atoms with Gasteiger partial charge in [0.2, 0.25) is 5.89 Å². The second-order valence-electron chi connectivity index (χ2n) is 8.31. The van der Waals surface area contributed by atoms with Crippen molar-refractivity contribution in [3.8, 4) is 17.3 Å². The number of halogens is 1. The number of para-hydroxylation sites is 1. The van der Waals surface area contributed by atoms with E-state index in [0.29, 0.717) is 28.9 Å². The third-order valence-corrected chi connectivity index (χ3v) is 5.05. The van der Waals surface area contributed by atoms with Gasteiger partial charge in [-0.25, -0.2) is 9.78 Å². The molecule has 1 N–H and O–H groups in total. The zero-order valence-corrected chi connectivity index (χ0v) is 18.7. The topological polar surface area (TPSA) is 69.3 Å². The van der Waals surface area contributed by atoms with Gasteiger partial charge in [-0.15, -0.1) is 0 Å². The molecule has 4 aromatic rings. The highest BCUT2D eigenvalue weighted by Crippen LogP contribution is 2.39. The molecule has 0 aliphatic heterocycles. The molecule has 2 aromatic carbocycles. The van der Waals surface area contributed by atoms with Crippen molar-refractivity contribution in [2.45, 2.75) is 39.8 Å². The summed E-state index contributed by atoms with van der Waals surface area (Å²) in [6, 6.07) is 15.8. The number of oxazole rings is 1. The van der Waals surface area contributed by atoms with Crippen LogP contribution in [0.15, 0.2) is 59.1 Å². The first-order valence-electron chi connectivity index (χ1n) is 10.0. The fourth-order valence-electron chi connectivity index (χ4n) is 3.37. The molecule has 0 aliphatic rings. The Hall–Kier alpha value is -3.25. The molecule has 0 aliphatic carbocycles. The lowest BCUT2D eigenvalue weighted by Gasteiger charge is -2.19. The zero-order valence-electron chi connectivity index (χ0n) is 17.9. The molecule has 0 atom stereocenters. The number of aromatic nitrogens is 2. The monoisotopic (exact) mass is 437 g/mol. The largest absolute Gasteiger partial charge is 0.444 e. The van der Waals surface area contributed by atoms with Crippen molar-refractivity contribution in [1.29, 1.82) is 0 Å². The first-order chi connectivity index (χ1) is 14.7. The number of alkyl carbamates (subject to hydrolysis) is 1. The molecule has 0 unspecified atom stereocenters. The van der Waals surface area contributed by atoms with E-state index in [9.17, 15) is 4.79 Å². The second-order valence-corrected chi connectivity index (χ2v) is 8.69. The minimum absolute atomic E-state index is 0.369. The Morgan fingerprint density at radius 2 is 1.87 bits per heavy atom. The summed E-state index contributed by atoms with van der Waals surface area (Å²) >= 11 is 6.74. The number of nitrogens with zero attached hydrogens (tertiary/aromatic N) is 2. The summed E-state index contributed by atoms with van der Waals surface area (Å²) in [6.07, 6.45) is 1.24. The van der Waals surface area contributed by atoms with Crippen LogP contribution in [0.1, 0.15) is 32.1 Å². The molecule has 0 radical (unpaired) electrons. The van der Waals surface area contributed by atoms with Crippen molar-refractivity contribution in [2.75, 3.05) is 0 Å². The lowest BCUT2D eigenvalue weighted by atomic mass is 10.2. The number of nitrogens with one attached hydrogen (secondary N) is 1. The van der Waals surface area contributed by atoms with Crippen LogP contribution in [0.2, 0.25) is 5.02 Å². The average molecular weight is 438 g/mol. The lowest BCUT2D eigenvalue weighted by molar-refractivity contribution is 0.0523. The van der Waals surface area contributed by atoms with E-state index in [4.69, 9.17) is 20.8 Å². The smallest absolute Gasteiger partial charge is 0.407 e. The maximum absolute atomic E-state index is 11.9. The molecule has 2 aromatic heterocycles. The number of hydrogen-bond donors (Lipinski definition) is 1.